The Hall–Kier alpha value is -3.65. The maximum Gasteiger partial charge on any atom is 0.259 e. The van der Waals surface area contributed by atoms with Crippen molar-refractivity contribution in [3.63, 3.8) is 0 Å². The van der Waals surface area contributed by atoms with Crippen molar-refractivity contribution in [2.75, 3.05) is 0 Å². The van der Waals surface area contributed by atoms with E-state index in [0.29, 0.717) is 17.8 Å². The predicted molar refractivity (Wildman–Crippen MR) is 96.0 cm³/mol. The summed E-state index contributed by atoms with van der Waals surface area (Å²) in [7, 11) is 0. The van der Waals surface area contributed by atoms with Crippen molar-refractivity contribution in [2.24, 2.45) is 5.73 Å². The molecule has 0 radical (unpaired) electrons. The molecule has 0 aliphatic heterocycles. The third kappa shape index (κ3) is 3.82. The highest BCUT2D eigenvalue weighted by atomic mass is 16.1. The number of hydrogen-bond donors (Lipinski definition) is 1. The average molecular weight is 328 g/mol. The molecule has 1 amide bonds. The van der Waals surface area contributed by atoms with Crippen molar-refractivity contribution in [1.29, 1.82) is 5.26 Å². The van der Waals surface area contributed by atoms with E-state index >= 15 is 0 Å². The molecule has 5 nitrogen and oxygen atoms in total. The second-order valence-electron chi connectivity index (χ2n) is 5.52. The second kappa shape index (κ2) is 7.28. The molecule has 0 bridgehead atoms. The van der Waals surface area contributed by atoms with Gasteiger partial charge in [-0.3, -0.25) is 9.48 Å². The van der Waals surface area contributed by atoms with Gasteiger partial charge in [0.2, 0.25) is 0 Å². The molecule has 0 saturated carbocycles. The molecular weight excluding hydrogens is 312 g/mol. The summed E-state index contributed by atoms with van der Waals surface area (Å²) in [5.74, 6) is -0.752. The van der Waals surface area contributed by atoms with E-state index in [-0.39, 0.29) is 5.57 Å². The van der Waals surface area contributed by atoms with Crippen molar-refractivity contribution < 1.29 is 4.79 Å². The minimum Gasteiger partial charge on any atom is -0.365 e. The van der Waals surface area contributed by atoms with Crippen LogP contribution >= 0.6 is 0 Å². The number of benzene rings is 2. The van der Waals surface area contributed by atoms with Gasteiger partial charge in [0.05, 0.1) is 12.2 Å². The van der Waals surface area contributed by atoms with E-state index in [9.17, 15) is 4.79 Å². The third-order valence-electron chi connectivity index (χ3n) is 3.71. The topological polar surface area (TPSA) is 84.7 Å². The Morgan fingerprint density at radius 2 is 1.76 bits per heavy atom. The van der Waals surface area contributed by atoms with Gasteiger partial charge in [0.25, 0.3) is 5.91 Å². The number of nitrogens with zero attached hydrogens (tertiary/aromatic N) is 3. The van der Waals surface area contributed by atoms with Crippen LogP contribution in [0.4, 0.5) is 0 Å². The second-order valence-corrected chi connectivity index (χ2v) is 5.52. The molecule has 0 atom stereocenters. The molecule has 0 unspecified atom stereocenters. The van der Waals surface area contributed by atoms with Crippen LogP contribution in [0, 0.1) is 11.3 Å². The van der Waals surface area contributed by atoms with Gasteiger partial charge in [-0.2, -0.15) is 10.4 Å². The first-order valence-electron chi connectivity index (χ1n) is 7.76. The molecule has 1 aromatic heterocycles. The minimum absolute atomic E-state index is 0.101. The van der Waals surface area contributed by atoms with E-state index in [1.54, 1.807) is 4.68 Å². The summed E-state index contributed by atoms with van der Waals surface area (Å²) in [6, 6.07) is 21.4. The molecule has 2 N–H and O–H groups in total. The highest BCUT2D eigenvalue weighted by Crippen LogP contribution is 2.24. The number of aromatic nitrogens is 2. The fraction of sp³-hybridized carbons (Fsp3) is 0.0500. The lowest BCUT2D eigenvalue weighted by Crippen LogP contribution is -2.12. The van der Waals surface area contributed by atoms with Crippen molar-refractivity contribution in [3.8, 4) is 17.3 Å². The lowest BCUT2D eigenvalue weighted by molar-refractivity contribution is -0.114. The Morgan fingerprint density at radius 3 is 2.36 bits per heavy atom. The largest absolute Gasteiger partial charge is 0.365 e. The van der Waals surface area contributed by atoms with Crippen molar-refractivity contribution in [1.82, 2.24) is 9.78 Å². The highest BCUT2D eigenvalue weighted by molar-refractivity contribution is 6.01. The molecule has 0 spiro atoms. The van der Waals surface area contributed by atoms with Crippen LogP contribution in [0.3, 0.4) is 0 Å². The molecule has 0 fully saturated rings. The number of primary amides is 1. The summed E-state index contributed by atoms with van der Waals surface area (Å²) in [6.07, 6.45) is 3.30. The quantitative estimate of drug-likeness (QED) is 0.577. The lowest BCUT2D eigenvalue weighted by atomic mass is 10.1. The van der Waals surface area contributed by atoms with Gasteiger partial charge in [0.15, 0.2) is 0 Å². The lowest BCUT2D eigenvalue weighted by Gasteiger charge is -2.01. The number of rotatable bonds is 5. The first kappa shape index (κ1) is 16.2. The zero-order valence-electron chi connectivity index (χ0n) is 13.5. The van der Waals surface area contributed by atoms with Crippen LogP contribution in [0.15, 0.2) is 72.4 Å². The zero-order valence-corrected chi connectivity index (χ0v) is 13.5. The van der Waals surface area contributed by atoms with Gasteiger partial charge < -0.3 is 5.73 Å². The van der Waals surface area contributed by atoms with Gasteiger partial charge in [-0.05, 0) is 11.6 Å². The molecule has 0 aliphatic carbocycles. The Morgan fingerprint density at radius 1 is 1.12 bits per heavy atom. The van der Waals surface area contributed by atoms with Crippen molar-refractivity contribution in [2.45, 2.75) is 6.54 Å². The Labute approximate surface area is 145 Å². The number of amides is 1. The number of carbonyl (C=O) groups excluding carboxylic acids is 1. The summed E-state index contributed by atoms with van der Waals surface area (Å²) in [4.78, 5) is 11.4. The van der Waals surface area contributed by atoms with Gasteiger partial charge in [-0.15, -0.1) is 0 Å². The summed E-state index contributed by atoms with van der Waals surface area (Å²) in [5.41, 5.74) is 8.55. The summed E-state index contributed by atoms with van der Waals surface area (Å²) in [5, 5.41) is 13.7. The minimum atomic E-state index is -0.752. The Balaban J connectivity index is 2.06. The number of hydrogen-bond acceptors (Lipinski definition) is 3. The van der Waals surface area contributed by atoms with E-state index in [1.165, 1.54) is 6.08 Å². The molecule has 2 aromatic carbocycles. The van der Waals surface area contributed by atoms with Gasteiger partial charge >= 0.3 is 0 Å². The molecule has 3 aromatic rings. The van der Waals surface area contributed by atoms with Crippen LogP contribution in [-0.2, 0) is 11.3 Å². The van der Waals surface area contributed by atoms with Gasteiger partial charge in [0.1, 0.15) is 11.6 Å². The molecule has 122 valence electrons. The molecule has 0 saturated heterocycles. The number of carbonyl (C=O) groups is 1. The van der Waals surface area contributed by atoms with Crippen LogP contribution in [-0.4, -0.2) is 15.7 Å². The first-order chi connectivity index (χ1) is 12.2. The molecule has 3 rings (SSSR count). The summed E-state index contributed by atoms with van der Waals surface area (Å²) < 4.78 is 1.79. The van der Waals surface area contributed by atoms with Crippen LogP contribution in [0.2, 0.25) is 0 Å². The number of nitriles is 1. The van der Waals surface area contributed by atoms with Crippen LogP contribution in [0.25, 0.3) is 17.3 Å². The normalized spacial score (nSPS) is 11.1. The van der Waals surface area contributed by atoms with Gasteiger partial charge in [0, 0.05) is 17.3 Å². The van der Waals surface area contributed by atoms with Crippen LogP contribution in [0.1, 0.15) is 11.1 Å². The maximum absolute atomic E-state index is 11.4. The smallest absolute Gasteiger partial charge is 0.259 e. The van der Waals surface area contributed by atoms with E-state index in [4.69, 9.17) is 11.0 Å². The number of nitrogens with two attached hydrogens (primary N) is 1. The Bertz CT molecular complexity index is 950. The molecule has 5 heteroatoms. The molecule has 0 aliphatic rings. The standard InChI is InChI=1S/C20H16N4O/c21-12-17(20(22)25)11-18-14-24(13-15-7-3-1-4-8-15)23-19(18)16-9-5-2-6-10-16/h1-11,14H,13H2,(H2,22,25)/b17-11+. The monoisotopic (exact) mass is 328 g/mol. The van der Waals surface area contributed by atoms with E-state index < -0.39 is 5.91 Å². The van der Waals surface area contributed by atoms with Gasteiger partial charge in [-0.25, -0.2) is 0 Å². The van der Waals surface area contributed by atoms with E-state index in [0.717, 1.165) is 11.1 Å². The fourth-order valence-corrected chi connectivity index (χ4v) is 2.53. The summed E-state index contributed by atoms with van der Waals surface area (Å²) in [6.45, 7) is 0.590. The molecule has 25 heavy (non-hydrogen) atoms. The first-order valence-corrected chi connectivity index (χ1v) is 7.76. The SMILES string of the molecule is N#C/C(=C\c1cn(Cc2ccccc2)nc1-c1ccccc1)C(N)=O. The Kier molecular flexibility index (Phi) is 4.72. The molecule has 1 heterocycles. The van der Waals surface area contributed by atoms with Crippen LogP contribution in [0.5, 0.6) is 0 Å². The van der Waals surface area contributed by atoms with Crippen LogP contribution < -0.4 is 5.73 Å². The van der Waals surface area contributed by atoms with E-state index in [1.807, 2.05) is 72.9 Å². The molecular formula is C20H16N4O. The van der Waals surface area contributed by atoms with Crippen molar-refractivity contribution >= 4 is 12.0 Å². The highest BCUT2D eigenvalue weighted by Gasteiger charge is 2.12. The van der Waals surface area contributed by atoms with Gasteiger partial charge in [-0.1, -0.05) is 60.7 Å². The fourth-order valence-electron chi connectivity index (χ4n) is 2.53. The zero-order chi connectivity index (χ0) is 17.6. The van der Waals surface area contributed by atoms with E-state index in [2.05, 4.69) is 5.10 Å². The summed E-state index contributed by atoms with van der Waals surface area (Å²) >= 11 is 0. The average Bonchev–Trinajstić information content (AvgIpc) is 3.03. The maximum atomic E-state index is 11.4. The van der Waals surface area contributed by atoms with Crippen molar-refractivity contribution in [3.05, 3.63) is 83.6 Å². The third-order valence-corrected chi connectivity index (χ3v) is 3.71. The predicted octanol–water partition coefficient (Wildman–Crippen LogP) is 2.99.